The Bertz CT molecular complexity index is 329. The van der Waals surface area contributed by atoms with Crippen LogP contribution in [0.4, 0.5) is 0 Å². The number of rotatable bonds is 8. The Labute approximate surface area is 130 Å². The summed E-state index contributed by atoms with van der Waals surface area (Å²) in [7, 11) is 0. The number of carbonyl (C=O) groups is 2. The molecule has 0 aromatic rings. The lowest BCUT2D eigenvalue weighted by atomic mass is 9.79. The van der Waals surface area contributed by atoms with E-state index in [4.69, 9.17) is 4.74 Å². The lowest BCUT2D eigenvalue weighted by Gasteiger charge is -2.34. The van der Waals surface area contributed by atoms with Crippen molar-refractivity contribution in [2.75, 3.05) is 19.7 Å². The monoisotopic (exact) mass is 299 g/mol. The Hall–Kier alpha value is -1.06. The first-order chi connectivity index (χ1) is 9.72. The van der Waals surface area contributed by atoms with E-state index in [2.05, 4.69) is 13.8 Å². The molecule has 21 heavy (non-hydrogen) atoms. The topological polar surface area (TPSA) is 46.6 Å². The summed E-state index contributed by atoms with van der Waals surface area (Å²) in [5, 5.41) is 0. The van der Waals surface area contributed by atoms with E-state index in [0.717, 1.165) is 12.8 Å². The van der Waals surface area contributed by atoms with Gasteiger partial charge in [-0.3, -0.25) is 9.59 Å². The minimum Gasteiger partial charge on any atom is -0.465 e. The number of amides is 1. The molecule has 0 fully saturated rings. The fourth-order valence-corrected chi connectivity index (χ4v) is 2.47. The second-order valence-corrected chi connectivity index (χ2v) is 6.61. The standard InChI is InChI=1S/C17H33NO3/c1-8-13(9-2)12-18(10-3)15(19)14(17(5,6)7)16(20)21-11-4/h13-14H,8-12H2,1-7H3. The third kappa shape index (κ3) is 6.06. The summed E-state index contributed by atoms with van der Waals surface area (Å²) in [4.78, 5) is 26.8. The fraction of sp³-hybridized carbons (Fsp3) is 0.882. The average Bonchev–Trinajstić information content (AvgIpc) is 2.38. The van der Waals surface area contributed by atoms with Gasteiger partial charge in [-0.2, -0.15) is 0 Å². The van der Waals surface area contributed by atoms with Crippen molar-refractivity contribution in [1.29, 1.82) is 0 Å². The molecular formula is C17H33NO3. The van der Waals surface area contributed by atoms with Crippen LogP contribution in [0.1, 0.15) is 61.3 Å². The molecule has 0 heterocycles. The van der Waals surface area contributed by atoms with Gasteiger partial charge in [0.25, 0.3) is 0 Å². The summed E-state index contributed by atoms with van der Waals surface area (Å²) in [5.74, 6) is -0.753. The third-order valence-corrected chi connectivity index (χ3v) is 3.96. The predicted octanol–water partition coefficient (Wildman–Crippen LogP) is 3.50. The van der Waals surface area contributed by atoms with Gasteiger partial charge in [0.1, 0.15) is 5.92 Å². The van der Waals surface area contributed by atoms with Gasteiger partial charge in [0, 0.05) is 13.1 Å². The summed E-state index contributed by atoms with van der Waals surface area (Å²) < 4.78 is 5.12. The predicted molar refractivity (Wildman–Crippen MR) is 85.9 cm³/mol. The number of hydrogen-bond acceptors (Lipinski definition) is 3. The highest BCUT2D eigenvalue weighted by molar-refractivity contribution is 5.98. The largest absolute Gasteiger partial charge is 0.465 e. The average molecular weight is 299 g/mol. The van der Waals surface area contributed by atoms with Gasteiger partial charge in [0.2, 0.25) is 5.91 Å². The van der Waals surface area contributed by atoms with Crippen LogP contribution in [0.25, 0.3) is 0 Å². The van der Waals surface area contributed by atoms with E-state index >= 15 is 0 Å². The van der Waals surface area contributed by atoms with E-state index in [1.165, 1.54) is 0 Å². The zero-order valence-electron chi connectivity index (χ0n) is 14.9. The van der Waals surface area contributed by atoms with Crippen LogP contribution in [0.5, 0.6) is 0 Å². The Kier molecular flexibility index (Phi) is 8.60. The van der Waals surface area contributed by atoms with Gasteiger partial charge in [0.05, 0.1) is 6.61 Å². The molecule has 1 unspecified atom stereocenters. The second-order valence-electron chi connectivity index (χ2n) is 6.61. The van der Waals surface area contributed by atoms with Crippen LogP contribution in [-0.2, 0) is 14.3 Å². The van der Waals surface area contributed by atoms with Crippen LogP contribution < -0.4 is 0 Å². The van der Waals surface area contributed by atoms with E-state index in [9.17, 15) is 9.59 Å². The van der Waals surface area contributed by atoms with E-state index in [-0.39, 0.29) is 5.91 Å². The smallest absolute Gasteiger partial charge is 0.319 e. The first-order valence-corrected chi connectivity index (χ1v) is 8.18. The van der Waals surface area contributed by atoms with Crippen molar-refractivity contribution in [2.24, 2.45) is 17.3 Å². The molecule has 4 nitrogen and oxygen atoms in total. The molecule has 1 amide bonds. The molecule has 4 heteroatoms. The molecule has 0 spiro atoms. The maximum Gasteiger partial charge on any atom is 0.319 e. The molecule has 0 aliphatic rings. The maximum absolute atomic E-state index is 12.8. The zero-order chi connectivity index (χ0) is 16.6. The zero-order valence-corrected chi connectivity index (χ0v) is 14.9. The van der Waals surface area contributed by atoms with Crippen LogP contribution >= 0.6 is 0 Å². The highest BCUT2D eigenvalue weighted by atomic mass is 16.5. The number of esters is 1. The van der Waals surface area contributed by atoms with E-state index in [1.54, 1.807) is 6.92 Å². The van der Waals surface area contributed by atoms with Gasteiger partial charge in [-0.15, -0.1) is 0 Å². The first-order valence-electron chi connectivity index (χ1n) is 8.18. The van der Waals surface area contributed by atoms with Crippen LogP contribution in [0.3, 0.4) is 0 Å². The molecule has 0 saturated heterocycles. The lowest BCUT2D eigenvalue weighted by Crippen LogP contribution is -2.47. The van der Waals surface area contributed by atoms with Crippen LogP contribution in [0, 0.1) is 17.3 Å². The Morgan fingerprint density at radius 2 is 1.57 bits per heavy atom. The molecule has 1 atom stereocenters. The molecule has 0 radical (unpaired) electrons. The van der Waals surface area contributed by atoms with Crippen molar-refractivity contribution in [3.05, 3.63) is 0 Å². The summed E-state index contributed by atoms with van der Waals surface area (Å²) >= 11 is 0. The number of nitrogens with zero attached hydrogens (tertiary/aromatic N) is 1. The van der Waals surface area contributed by atoms with Gasteiger partial charge >= 0.3 is 5.97 Å². The highest BCUT2D eigenvalue weighted by Gasteiger charge is 2.41. The van der Waals surface area contributed by atoms with Crippen molar-refractivity contribution in [3.8, 4) is 0 Å². The summed E-state index contributed by atoms with van der Waals surface area (Å²) in [6.45, 7) is 15.4. The van der Waals surface area contributed by atoms with Gasteiger partial charge < -0.3 is 9.64 Å². The quantitative estimate of drug-likeness (QED) is 0.509. The first kappa shape index (κ1) is 19.9. The SMILES string of the molecule is CCOC(=O)C(C(=O)N(CC)CC(CC)CC)C(C)(C)C. The molecule has 0 aliphatic heterocycles. The number of hydrogen-bond donors (Lipinski definition) is 0. The molecular weight excluding hydrogens is 266 g/mol. The molecule has 0 N–H and O–H groups in total. The molecule has 0 aromatic carbocycles. The van der Waals surface area contributed by atoms with E-state index in [0.29, 0.717) is 25.6 Å². The minimum atomic E-state index is -0.730. The van der Waals surface area contributed by atoms with E-state index in [1.807, 2.05) is 32.6 Å². The van der Waals surface area contributed by atoms with Gasteiger partial charge in [-0.05, 0) is 25.2 Å². The fourth-order valence-electron chi connectivity index (χ4n) is 2.47. The third-order valence-electron chi connectivity index (χ3n) is 3.96. The van der Waals surface area contributed by atoms with Crippen LogP contribution in [0.2, 0.25) is 0 Å². The number of ether oxygens (including phenoxy) is 1. The Morgan fingerprint density at radius 1 is 1.05 bits per heavy atom. The van der Waals surface area contributed by atoms with Crippen molar-refractivity contribution in [3.63, 3.8) is 0 Å². The summed E-state index contributed by atoms with van der Waals surface area (Å²) in [5.41, 5.74) is -0.440. The summed E-state index contributed by atoms with van der Waals surface area (Å²) in [6, 6.07) is 0. The second kappa shape index (κ2) is 9.06. The highest BCUT2D eigenvalue weighted by Crippen LogP contribution is 2.29. The van der Waals surface area contributed by atoms with Gasteiger partial charge in [-0.1, -0.05) is 47.5 Å². The Balaban J connectivity index is 5.19. The van der Waals surface area contributed by atoms with Gasteiger partial charge in [0.15, 0.2) is 0 Å². The molecule has 0 aliphatic carbocycles. The molecule has 0 bridgehead atoms. The van der Waals surface area contributed by atoms with Crippen LogP contribution in [-0.4, -0.2) is 36.5 Å². The van der Waals surface area contributed by atoms with Crippen molar-refractivity contribution >= 4 is 11.9 Å². The van der Waals surface area contributed by atoms with Gasteiger partial charge in [-0.25, -0.2) is 0 Å². The molecule has 0 aromatic heterocycles. The van der Waals surface area contributed by atoms with Crippen molar-refractivity contribution < 1.29 is 14.3 Å². The maximum atomic E-state index is 12.8. The molecule has 0 saturated carbocycles. The van der Waals surface area contributed by atoms with Crippen LogP contribution in [0.15, 0.2) is 0 Å². The van der Waals surface area contributed by atoms with Crippen molar-refractivity contribution in [2.45, 2.75) is 61.3 Å². The molecule has 0 rings (SSSR count). The molecule has 124 valence electrons. The minimum absolute atomic E-state index is 0.102. The number of carbonyl (C=O) groups excluding carboxylic acids is 2. The summed E-state index contributed by atoms with van der Waals surface area (Å²) in [6.07, 6.45) is 2.08. The normalized spacial score (nSPS) is 13.1. The van der Waals surface area contributed by atoms with Crippen molar-refractivity contribution in [1.82, 2.24) is 4.90 Å². The lowest BCUT2D eigenvalue weighted by molar-refractivity contribution is -0.160. The van der Waals surface area contributed by atoms with E-state index < -0.39 is 17.3 Å². The Morgan fingerprint density at radius 3 is 1.90 bits per heavy atom.